The van der Waals surface area contributed by atoms with Gasteiger partial charge in [0.05, 0.1) is 19.8 Å². The number of methoxy groups -OCH3 is 2. The SMILES string of the molecule is COC(=O)c1ccc2nnc(Cc3cccc(OC)c3)n2c1. The number of esters is 1. The predicted octanol–water partition coefficient (Wildman–Crippen LogP) is 2.12. The lowest BCUT2D eigenvalue weighted by molar-refractivity contribution is 0.0600. The van der Waals surface area contributed by atoms with Crippen molar-refractivity contribution in [2.24, 2.45) is 0 Å². The van der Waals surface area contributed by atoms with E-state index in [1.165, 1.54) is 7.11 Å². The summed E-state index contributed by atoms with van der Waals surface area (Å²) >= 11 is 0. The lowest BCUT2D eigenvalue weighted by Crippen LogP contribution is -2.04. The van der Waals surface area contributed by atoms with E-state index in [1.54, 1.807) is 29.8 Å². The highest BCUT2D eigenvalue weighted by atomic mass is 16.5. The maximum Gasteiger partial charge on any atom is 0.339 e. The van der Waals surface area contributed by atoms with Crippen LogP contribution in [0, 0.1) is 0 Å². The molecule has 3 aromatic rings. The molecule has 0 N–H and O–H groups in total. The molecule has 6 heteroatoms. The second kappa shape index (κ2) is 5.85. The third-order valence-electron chi connectivity index (χ3n) is 3.39. The number of carbonyl (C=O) groups excluding carboxylic acids is 1. The van der Waals surface area contributed by atoms with Gasteiger partial charge in [-0.1, -0.05) is 12.1 Å². The summed E-state index contributed by atoms with van der Waals surface area (Å²) in [5.74, 6) is 1.15. The molecule has 0 saturated heterocycles. The highest BCUT2D eigenvalue weighted by Crippen LogP contribution is 2.16. The molecular weight excluding hydrogens is 282 g/mol. The zero-order valence-corrected chi connectivity index (χ0v) is 12.3. The number of hydrogen-bond acceptors (Lipinski definition) is 5. The van der Waals surface area contributed by atoms with Gasteiger partial charge in [0, 0.05) is 12.6 Å². The quantitative estimate of drug-likeness (QED) is 0.690. The van der Waals surface area contributed by atoms with Gasteiger partial charge >= 0.3 is 5.97 Å². The fourth-order valence-electron chi connectivity index (χ4n) is 2.26. The number of carbonyl (C=O) groups is 1. The molecule has 112 valence electrons. The number of ether oxygens (including phenoxy) is 2. The van der Waals surface area contributed by atoms with Crippen LogP contribution in [0.4, 0.5) is 0 Å². The van der Waals surface area contributed by atoms with E-state index in [2.05, 4.69) is 10.2 Å². The minimum absolute atomic E-state index is 0.386. The first-order valence-electron chi connectivity index (χ1n) is 6.76. The molecule has 0 bridgehead atoms. The standard InChI is InChI=1S/C16H15N3O3/c1-21-13-5-3-4-11(8-13)9-15-18-17-14-7-6-12(10-19(14)15)16(20)22-2/h3-8,10H,9H2,1-2H3. The Labute approximate surface area is 127 Å². The summed E-state index contributed by atoms with van der Waals surface area (Å²) in [4.78, 5) is 11.6. The van der Waals surface area contributed by atoms with Gasteiger partial charge in [0.25, 0.3) is 0 Å². The average molecular weight is 297 g/mol. The van der Waals surface area contributed by atoms with Crippen LogP contribution in [0.3, 0.4) is 0 Å². The summed E-state index contributed by atoms with van der Waals surface area (Å²) in [7, 11) is 2.99. The molecule has 1 aromatic carbocycles. The Hall–Kier alpha value is -2.89. The molecule has 0 atom stereocenters. The molecular formula is C16H15N3O3. The van der Waals surface area contributed by atoms with Crippen LogP contribution in [0.2, 0.25) is 0 Å². The number of nitrogens with zero attached hydrogens (tertiary/aromatic N) is 3. The smallest absolute Gasteiger partial charge is 0.339 e. The third-order valence-corrected chi connectivity index (χ3v) is 3.39. The summed E-state index contributed by atoms with van der Waals surface area (Å²) in [6.45, 7) is 0. The van der Waals surface area contributed by atoms with Crippen LogP contribution in [0.1, 0.15) is 21.7 Å². The van der Waals surface area contributed by atoms with Gasteiger partial charge in [0.15, 0.2) is 5.65 Å². The molecule has 2 aromatic heterocycles. The molecule has 0 unspecified atom stereocenters. The number of hydrogen-bond donors (Lipinski definition) is 0. The minimum atomic E-state index is -0.386. The van der Waals surface area contributed by atoms with Crippen molar-refractivity contribution in [2.75, 3.05) is 14.2 Å². The Morgan fingerprint density at radius 3 is 2.82 bits per heavy atom. The van der Waals surface area contributed by atoms with E-state index in [9.17, 15) is 4.79 Å². The highest BCUT2D eigenvalue weighted by molar-refractivity contribution is 5.89. The number of rotatable bonds is 4. The molecule has 6 nitrogen and oxygen atoms in total. The second-order valence-electron chi connectivity index (χ2n) is 4.78. The van der Waals surface area contributed by atoms with Gasteiger partial charge in [-0.15, -0.1) is 10.2 Å². The van der Waals surface area contributed by atoms with Crippen LogP contribution < -0.4 is 4.74 Å². The van der Waals surface area contributed by atoms with Gasteiger partial charge in [-0.25, -0.2) is 4.79 Å². The van der Waals surface area contributed by atoms with Gasteiger partial charge in [-0.05, 0) is 29.8 Å². The van der Waals surface area contributed by atoms with Crippen molar-refractivity contribution >= 4 is 11.6 Å². The number of fused-ring (bicyclic) bond motifs is 1. The normalized spacial score (nSPS) is 10.6. The largest absolute Gasteiger partial charge is 0.497 e. The zero-order valence-electron chi connectivity index (χ0n) is 12.3. The van der Waals surface area contributed by atoms with Crippen molar-refractivity contribution in [2.45, 2.75) is 6.42 Å². The van der Waals surface area contributed by atoms with Gasteiger partial charge < -0.3 is 9.47 Å². The Morgan fingerprint density at radius 1 is 1.18 bits per heavy atom. The van der Waals surface area contributed by atoms with Gasteiger partial charge in [0.2, 0.25) is 0 Å². The van der Waals surface area contributed by atoms with Crippen molar-refractivity contribution in [1.29, 1.82) is 0 Å². The fourth-order valence-corrected chi connectivity index (χ4v) is 2.26. The maximum absolute atomic E-state index is 11.6. The second-order valence-corrected chi connectivity index (χ2v) is 4.78. The van der Waals surface area contributed by atoms with E-state index in [-0.39, 0.29) is 5.97 Å². The van der Waals surface area contributed by atoms with E-state index in [4.69, 9.17) is 9.47 Å². The van der Waals surface area contributed by atoms with E-state index in [1.807, 2.05) is 24.3 Å². The molecule has 0 aliphatic rings. The van der Waals surface area contributed by atoms with E-state index in [0.29, 0.717) is 17.6 Å². The molecule has 0 amide bonds. The fraction of sp³-hybridized carbons (Fsp3) is 0.188. The predicted molar refractivity (Wildman–Crippen MR) is 80.1 cm³/mol. The van der Waals surface area contributed by atoms with Gasteiger partial charge in [-0.2, -0.15) is 0 Å². The molecule has 0 spiro atoms. The van der Waals surface area contributed by atoms with Crippen LogP contribution in [0.25, 0.3) is 5.65 Å². The van der Waals surface area contributed by atoms with Crippen molar-refractivity contribution in [1.82, 2.24) is 14.6 Å². The third kappa shape index (κ3) is 2.63. The number of benzene rings is 1. The summed E-state index contributed by atoms with van der Waals surface area (Å²) in [6.07, 6.45) is 2.28. The van der Waals surface area contributed by atoms with Crippen LogP contribution in [0.15, 0.2) is 42.6 Å². The maximum atomic E-state index is 11.6. The first-order valence-corrected chi connectivity index (χ1v) is 6.76. The van der Waals surface area contributed by atoms with Crippen molar-refractivity contribution in [3.05, 3.63) is 59.5 Å². The minimum Gasteiger partial charge on any atom is -0.497 e. The highest BCUT2D eigenvalue weighted by Gasteiger charge is 2.11. The Bertz CT molecular complexity index is 826. The topological polar surface area (TPSA) is 65.7 Å². The van der Waals surface area contributed by atoms with Crippen molar-refractivity contribution in [3.8, 4) is 5.75 Å². The van der Waals surface area contributed by atoms with Gasteiger partial charge in [-0.3, -0.25) is 4.40 Å². The lowest BCUT2D eigenvalue weighted by atomic mass is 10.1. The zero-order chi connectivity index (χ0) is 15.5. The lowest BCUT2D eigenvalue weighted by Gasteiger charge is -2.05. The van der Waals surface area contributed by atoms with Crippen LogP contribution in [0.5, 0.6) is 5.75 Å². The Balaban J connectivity index is 1.97. The monoisotopic (exact) mass is 297 g/mol. The Morgan fingerprint density at radius 2 is 2.05 bits per heavy atom. The van der Waals surface area contributed by atoms with Crippen LogP contribution >= 0.6 is 0 Å². The molecule has 2 heterocycles. The summed E-state index contributed by atoms with van der Waals surface area (Å²) in [5.41, 5.74) is 2.20. The summed E-state index contributed by atoms with van der Waals surface area (Å²) in [5, 5.41) is 8.31. The first kappa shape index (κ1) is 14.1. The summed E-state index contributed by atoms with van der Waals surface area (Å²) < 4.78 is 11.8. The Kier molecular flexibility index (Phi) is 3.74. The molecule has 3 rings (SSSR count). The molecule has 0 aliphatic carbocycles. The van der Waals surface area contributed by atoms with E-state index < -0.39 is 0 Å². The van der Waals surface area contributed by atoms with Crippen molar-refractivity contribution in [3.63, 3.8) is 0 Å². The van der Waals surface area contributed by atoms with Gasteiger partial charge in [0.1, 0.15) is 11.6 Å². The average Bonchev–Trinajstić information content (AvgIpc) is 2.96. The molecule has 22 heavy (non-hydrogen) atoms. The van der Waals surface area contributed by atoms with E-state index in [0.717, 1.165) is 17.1 Å². The molecule has 0 saturated carbocycles. The van der Waals surface area contributed by atoms with Crippen LogP contribution in [-0.2, 0) is 11.2 Å². The molecule has 0 aliphatic heterocycles. The summed E-state index contributed by atoms with van der Waals surface area (Å²) in [6, 6.07) is 11.2. The first-order chi connectivity index (χ1) is 10.7. The van der Waals surface area contributed by atoms with Crippen molar-refractivity contribution < 1.29 is 14.3 Å². The molecule has 0 fully saturated rings. The van der Waals surface area contributed by atoms with E-state index >= 15 is 0 Å². The number of aromatic nitrogens is 3. The molecule has 0 radical (unpaired) electrons. The van der Waals surface area contributed by atoms with Crippen LogP contribution in [-0.4, -0.2) is 34.8 Å². The number of pyridine rings is 1.